The van der Waals surface area contributed by atoms with Gasteiger partial charge in [-0.15, -0.1) is 0 Å². The van der Waals surface area contributed by atoms with Gasteiger partial charge in [0, 0.05) is 0 Å². The summed E-state index contributed by atoms with van der Waals surface area (Å²) in [6.07, 6.45) is 0. The molecule has 1 rings (SSSR count). The van der Waals surface area contributed by atoms with Crippen LogP contribution in [0.15, 0.2) is 10.2 Å². The van der Waals surface area contributed by atoms with Crippen molar-refractivity contribution in [3.8, 4) is 30.3 Å². The summed E-state index contributed by atoms with van der Waals surface area (Å²) in [6.45, 7) is 2.48. The molecular weight excluding hydrogens is 258 g/mol. The van der Waals surface area contributed by atoms with Crippen LogP contribution in [0.25, 0.3) is 0 Å². The molecule has 0 aromatic rings. The zero-order chi connectivity index (χ0) is 15.6. The Kier molecular flexibility index (Phi) is 3.28. The molecule has 0 fully saturated rings. The summed E-state index contributed by atoms with van der Waals surface area (Å²) in [6, 6.07) is 7.53. The molecule has 8 nitrogen and oxygen atoms in total. The second-order valence-electron chi connectivity index (χ2n) is 4.42. The monoisotopic (exact) mass is 265 g/mol. The first-order valence-corrected chi connectivity index (χ1v) is 5.37. The van der Waals surface area contributed by atoms with Crippen LogP contribution in [0.4, 0.5) is 0 Å². The summed E-state index contributed by atoms with van der Waals surface area (Å²) in [5.41, 5.74) is -6.03. The van der Waals surface area contributed by atoms with Gasteiger partial charge in [-0.3, -0.25) is 4.79 Å². The number of carbonyl (C=O) groups excluding carboxylic acids is 1. The zero-order valence-corrected chi connectivity index (χ0v) is 10.6. The Bertz CT molecular complexity index is 644. The van der Waals surface area contributed by atoms with Gasteiger partial charge in [0.05, 0.1) is 18.1 Å². The van der Waals surface area contributed by atoms with Crippen LogP contribution >= 0.6 is 0 Å². The van der Waals surface area contributed by atoms with Crippen LogP contribution in [0.3, 0.4) is 0 Å². The van der Waals surface area contributed by atoms with Crippen LogP contribution in [0, 0.1) is 73.4 Å². The number of hydrogen-bond donors (Lipinski definition) is 0. The minimum atomic E-state index is -2.26. The lowest BCUT2D eigenvalue weighted by Gasteiger charge is -2.26. The van der Waals surface area contributed by atoms with Crippen LogP contribution in [0.5, 0.6) is 0 Å². The van der Waals surface area contributed by atoms with E-state index in [2.05, 4.69) is 10.2 Å². The third-order valence-corrected chi connectivity index (χ3v) is 3.39. The maximum absolute atomic E-state index is 12.4. The highest BCUT2D eigenvalue weighted by Gasteiger charge is 2.65. The molecule has 0 amide bonds. The fraction of sp³-hybridized carbons (Fsp3) is 0.500. The third-order valence-electron chi connectivity index (χ3n) is 3.39. The average Bonchev–Trinajstić information content (AvgIpc) is 3.22. The van der Waals surface area contributed by atoms with Gasteiger partial charge in [-0.05, 0) is 6.92 Å². The van der Waals surface area contributed by atoms with Crippen molar-refractivity contribution in [1.29, 1.82) is 26.3 Å². The average molecular weight is 265 g/mol. The SMILES string of the molecule is CC(C(=O)C(C#N)(C#N)C1(C)N=N1)C(C#N)(C#N)C#N. The van der Waals surface area contributed by atoms with Gasteiger partial charge in [-0.2, -0.15) is 36.5 Å². The molecule has 0 aliphatic carbocycles. The van der Waals surface area contributed by atoms with Gasteiger partial charge in [0.15, 0.2) is 5.78 Å². The van der Waals surface area contributed by atoms with Crippen LogP contribution in [0.2, 0.25) is 0 Å². The lowest BCUT2D eigenvalue weighted by molar-refractivity contribution is -0.129. The van der Waals surface area contributed by atoms with E-state index in [1.807, 2.05) is 0 Å². The predicted octanol–water partition coefficient (Wildman–Crippen LogP) is 0.964. The van der Waals surface area contributed by atoms with Crippen molar-refractivity contribution in [2.45, 2.75) is 19.5 Å². The zero-order valence-electron chi connectivity index (χ0n) is 10.6. The minimum Gasteiger partial charge on any atom is -0.296 e. The van der Waals surface area contributed by atoms with Crippen molar-refractivity contribution in [3.63, 3.8) is 0 Å². The summed E-state index contributed by atoms with van der Waals surface area (Å²) in [5, 5.41) is 52.3. The quantitative estimate of drug-likeness (QED) is 0.735. The van der Waals surface area contributed by atoms with Gasteiger partial charge in [0.2, 0.25) is 16.5 Å². The normalized spacial score (nSPS) is 16.4. The first-order chi connectivity index (χ1) is 9.33. The molecule has 8 heteroatoms. The van der Waals surface area contributed by atoms with E-state index in [9.17, 15) is 15.3 Å². The van der Waals surface area contributed by atoms with Crippen molar-refractivity contribution in [3.05, 3.63) is 0 Å². The molecule has 0 bridgehead atoms. The fourth-order valence-electron chi connectivity index (χ4n) is 1.69. The third kappa shape index (κ3) is 1.59. The van der Waals surface area contributed by atoms with Crippen molar-refractivity contribution in [1.82, 2.24) is 0 Å². The lowest BCUT2D eigenvalue weighted by atomic mass is 9.66. The van der Waals surface area contributed by atoms with Crippen LogP contribution in [-0.2, 0) is 4.79 Å². The van der Waals surface area contributed by atoms with Crippen molar-refractivity contribution in [2.75, 3.05) is 0 Å². The number of nitriles is 5. The number of carbonyl (C=O) groups is 1. The highest BCUT2D eigenvalue weighted by atomic mass is 16.1. The second kappa shape index (κ2) is 4.43. The molecule has 1 heterocycles. The van der Waals surface area contributed by atoms with E-state index >= 15 is 0 Å². The summed E-state index contributed by atoms with van der Waals surface area (Å²) >= 11 is 0. The van der Waals surface area contributed by atoms with E-state index in [0.717, 1.165) is 6.92 Å². The number of nitrogens with zero attached hydrogens (tertiary/aromatic N) is 7. The van der Waals surface area contributed by atoms with Crippen molar-refractivity contribution >= 4 is 5.78 Å². The van der Waals surface area contributed by atoms with Gasteiger partial charge in [0.25, 0.3) is 0 Å². The Morgan fingerprint density at radius 2 is 1.40 bits per heavy atom. The first-order valence-electron chi connectivity index (χ1n) is 5.37. The Hall–Kier alpha value is -3.28. The van der Waals surface area contributed by atoms with Gasteiger partial charge in [-0.25, -0.2) is 0 Å². The number of rotatable bonds is 4. The molecule has 0 aromatic carbocycles. The van der Waals surface area contributed by atoms with Crippen LogP contribution in [0.1, 0.15) is 13.8 Å². The van der Waals surface area contributed by atoms with Crippen molar-refractivity contribution in [2.24, 2.45) is 27.0 Å². The molecule has 20 heavy (non-hydrogen) atoms. The van der Waals surface area contributed by atoms with Crippen LogP contribution in [-0.4, -0.2) is 11.4 Å². The van der Waals surface area contributed by atoms with E-state index in [1.54, 1.807) is 12.1 Å². The molecule has 1 aliphatic heterocycles. The minimum absolute atomic E-state index is 1.01. The van der Waals surface area contributed by atoms with E-state index in [4.69, 9.17) is 15.8 Å². The summed E-state index contributed by atoms with van der Waals surface area (Å²) < 4.78 is 0. The largest absolute Gasteiger partial charge is 0.296 e. The highest BCUT2D eigenvalue weighted by Crippen LogP contribution is 2.48. The molecule has 1 unspecified atom stereocenters. The van der Waals surface area contributed by atoms with E-state index in [0.29, 0.717) is 0 Å². The molecule has 1 atom stereocenters. The van der Waals surface area contributed by atoms with E-state index in [-0.39, 0.29) is 0 Å². The molecule has 0 aromatic heterocycles. The summed E-state index contributed by atoms with van der Waals surface area (Å²) in [4.78, 5) is 12.4. The van der Waals surface area contributed by atoms with Gasteiger partial charge < -0.3 is 0 Å². The molecule has 0 saturated heterocycles. The molecule has 0 spiro atoms. The van der Waals surface area contributed by atoms with Gasteiger partial charge in [0.1, 0.15) is 18.2 Å². The fourth-order valence-corrected chi connectivity index (χ4v) is 1.69. The summed E-state index contributed by atoms with van der Waals surface area (Å²) in [5.74, 6) is -2.47. The van der Waals surface area contributed by atoms with Gasteiger partial charge in [-0.1, -0.05) is 6.92 Å². The Morgan fingerprint density at radius 3 is 1.65 bits per heavy atom. The van der Waals surface area contributed by atoms with E-state index in [1.165, 1.54) is 25.1 Å². The smallest absolute Gasteiger partial charge is 0.249 e. The summed E-state index contributed by atoms with van der Waals surface area (Å²) in [7, 11) is 0. The standard InChI is InChI=1S/C12H7N7O/c1-8(11(3-13,4-14)5-15)9(20)12(6-16,7-17)10(2)18-19-10/h8H,1-2H3. The van der Waals surface area contributed by atoms with Gasteiger partial charge >= 0.3 is 0 Å². The Balaban J connectivity index is 3.36. The number of Topliss-reactive ketones (excluding diaryl/α,β-unsaturated/α-hetero) is 1. The molecule has 0 N–H and O–H groups in total. The Morgan fingerprint density at radius 1 is 1.00 bits per heavy atom. The lowest BCUT2D eigenvalue weighted by Crippen LogP contribution is -2.47. The molecule has 96 valence electrons. The first kappa shape index (κ1) is 14.8. The predicted molar refractivity (Wildman–Crippen MR) is 60.4 cm³/mol. The highest BCUT2D eigenvalue weighted by molar-refractivity contribution is 5.95. The second-order valence-corrected chi connectivity index (χ2v) is 4.42. The maximum Gasteiger partial charge on any atom is 0.249 e. The van der Waals surface area contributed by atoms with Crippen LogP contribution < -0.4 is 0 Å². The van der Waals surface area contributed by atoms with E-state index < -0.39 is 28.2 Å². The molecular formula is C12H7N7O. The molecule has 0 saturated carbocycles. The number of ketones is 1. The molecule has 1 aliphatic rings. The number of hydrogen-bond acceptors (Lipinski definition) is 8. The maximum atomic E-state index is 12.4. The van der Waals surface area contributed by atoms with Crippen molar-refractivity contribution < 1.29 is 4.79 Å². The Labute approximate surface area is 114 Å². The molecule has 0 radical (unpaired) electrons. The topological polar surface area (TPSA) is 161 Å².